The zero-order chi connectivity index (χ0) is 23.4. The Kier molecular flexibility index (Phi) is 6.25. The van der Waals surface area contributed by atoms with Crippen LogP contribution in [0.25, 0.3) is 11.2 Å². The first-order chi connectivity index (χ1) is 15.9. The third-order valence-corrected chi connectivity index (χ3v) is 5.21. The summed E-state index contributed by atoms with van der Waals surface area (Å²) in [7, 11) is 3.01. The molecule has 10 heteroatoms. The molecule has 4 aromatic rings. The number of anilines is 1. The van der Waals surface area contributed by atoms with E-state index < -0.39 is 11.2 Å². The fourth-order valence-electron chi connectivity index (χ4n) is 3.42. The normalized spacial score (nSPS) is 11.3. The zero-order valence-corrected chi connectivity index (χ0v) is 18.3. The molecule has 10 nitrogen and oxygen atoms in total. The number of amides is 1. The second-order valence-electron chi connectivity index (χ2n) is 7.55. The number of fused-ring (bicyclic) bond motifs is 1. The maximum absolute atomic E-state index is 12.5. The van der Waals surface area contributed by atoms with Crippen molar-refractivity contribution >= 4 is 34.1 Å². The Balaban J connectivity index is 1.33. The van der Waals surface area contributed by atoms with Crippen molar-refractivity contribution < 1.29 is 4.79 Å². The number of imidazole rings is 1. The average Bonchev–Trinajstić information content (AvgIpc) is 3.25. The molecule has 33 heavy (non-hydrogen) atoms. The summed E-state index contributed by atoms with van der Waals surface area (Å²) >= 11 is 0. The number of hydrogen-bond donors (Lipinski definition) is 1. The van der Waals surface area contributed by atoms with Gasteiger partial charge in [0.25, 0.3) is 5.56 Å². The van der Waals surface area contributed by atoms with Gasteiger partial charge in [-0.3, -0.25) is 18.7 Å². The maximum atomic E-state index is 12.5. The van der Waals surface area contributed by atoms with Crippen molar-refractivity contribution in [2.24, 2.45) is 24.3 Å². The van der Waals surface area contributed by atoms with Crippen molar-refractivity contribution in [1.82, 2.24) is 18.7 Å². The Morgan fingerprint density at radius 1 is 0.939 bits per heavy atom. The van der Waals surface area contributed by atoms with Crippen LogP contribution in [0.5, 0.6) is 0 Å². The number of azo groups is 1. The van der Waals surface area contributed by atoms with Crippen molar-refractivity contribution in [1.29, 1.82) is 0 Å². The van der Waals surface area contributed by atoms with E-state index in [9.17, 15) is 14.4 Å². The lowest BCUT2D eigenvalue weighted by atomic mass is 10.2. The Morgan fingerprint density at radius 2 is 1.61 bits per heavy atom. The van der Waals surface area contributed by atoms with E-state index >= 15 is 0 Å². The van der Waals surface area contributed by atoms with Gasteiger partial charge in [-0.05, 0) is 42.8 Å². The number of carbonyl (C=O) groups is 1. The molecule has 1 amide bonds. The molecule has 4 rings (SSSR count). The predicted molar refractivity (Wildman–Crippen MR) is 125 cm³/mol. The summed E-state index contributed by atoms with van der Waals surface area (Å²) in [6, 6.07) is 16.5. The van der Waals surface area contributed by atoms with E-state index in [0.29, 0.717) is 35.5 Å². The monoisotopic (exact) mass is 445 g/mol. The Hall–Kier alpha value is -4.34. The molecule has 168 valence electrons. The first kappa shape index (κ1) is 21.9. The Morgan fingerprint density at radius 3 is 2.30 bits per heavy atom. The van der Waals surface area contributed by atoms with Gasteiger partial charge < -0.3 is 9.88 Å². The molecule has 2 aromatic heterocycles. The van der Waals surface area contributed by atoms with E-state index in [4.69, 9.17) is 0 Å². The largest absolute Gasteiger partial charge is 0.332 e. The van der Waals surface area contributed by atoms with Gasteiger partial charge in [0.15, 0.2) is 11.2 Å². The van der Waals surface area contributed by atoms with Crippen LogP contribution >= 0.6 is 0 Å². The molecule has 0 bridgehead atoms. The van der Waals surface area contributed by atoms with Gasteiger partial charge in [0.05, 0.1) is 17.7 Å². The first-order valence-electron chi connectivity index (χ1n) is 10.4. The standard InChI is InChI=1S/C23H23N7O3/c1-28-21-20(22(32)29(2)23(28)33)30(15-24-21)14-6-9-19(31)25-16-10-12-18(13-11-16)27-26-17-7-4-3-5-8-17/h3-5,7-8,10-13,15H,6,9,14H2,1-2H3,(H,25,31). The van der Waals surface area contributed by atoms with Crippen LogP contribution in [0.1, 0.15) is 12.8 Å². The van der Waals surface area contributed by atoms with E-state index in [0.717, 1.165) is 10.3 Å². The predicted octanol–water partition coefficient (Wildman–Crippen LogP) is 3.27. The van der Waals surface area contributed by atoms with Gasteiger partial charge in [-0.1, -0.05) is 18.2 Å². The van der Waals surface area contributed by atoms with Gasteiger partial charge in [0, 0.05) is 32.7 Å². The van der Waals surface area contributed by atoms with Gasteiger partial charge >= 0.3 is 5.69 Å². The molecule has 2 aromatic carbocycles. The molecule has 0 aliphatic carbocycles. The van der Waals surface area contributed by atoms with Crippen LogP contribution in [0.3, 0.4) is 0 Å². The fraction of sp³-hybridized carbons (Fsp3) is 0.217. The van der Waals surface area contributed by atoms with Crippen LogP contribution in [-0.4, -0.2) is 24.6 Å². The molecule has 0 saturated carbocycles. The van der Waals surface area contributed by atoms with Crippen LogP contribution in [0.15, 0.2) is 80.7 Å². The molecule has 0 radical (unpaired) electrons. The number of carbonyl (C=O) groups excluding carboxylic acids is 1. The molecule has 0 unspecified atom stereocenters. The topological polar surface area (TPSA) is 116 Å². The van der Waals surface area contributed by atoms with Gasteiger partial charge in [-0.15, -0.1) is 0 Å². The molecule has 0 atom stereocenters. The number of aromatic nitrogens is 4. The smallest absolute Gasteiger partial charge is 0.326 e. The van der Waals surface area contributed by atoms with E-state index in [1.54, 1.807) is 35.9 Å². The number of nitrogens with one attached hydrogen (secondary N) is 1. The van der Waals surface area contributed by atoms with Gasteiger partial charge in [0.2, 0.25) is 5.91 Å². The van der Waals surface area contributed by atoms with Gasteiger partial charge in [0.1, 0.15) is 0 Å². The van der Waals surface area contributed by atoms with E-state index in [2.05, 4.69) is 20.5 Å². The molecule has 2 heterocycles. The number of aryl methyl sites for hydroxylation is 2. The van der Waals surface area contributed by atoms with Crippen LogP contribution in [0.4, 0.5) is 17.1 Å². The van der Waals surface area contributed by atoms with E-state index in [1.165, 1.54) is 17.9 Å². The molecular formula is C23H23N7O3. The molecule has 0 aliphatic heterocycles. The summed E-state index contributed by atoms with van der Waals surface area (Å²) in [6.07, 6.45) is 2.29. The minimum atomic E-state index is -0.426. The van der Waals surface area contributed by atoms with E-state index in [1.807, 2.05) is 30.3 Å². The third-order valence-electron chi connectivity index (χ3n) is 5.21. The first-order valence-corrected chi connectivity index (χ1v) is 10.4. The second-order valence-corrected chi connectivity index (χ2v) is 7.55. The second kappa shape index (κ2) is 9.43. The summed E-state index contributed by atoms with van der Waals surface area (Å²) in [6.45, 7) is 0.427. The third kappa shape index (κ3) is 4.79. The van der Waals surface area contributed by atoms with Crippen molar-refractivity contribution in [3.05, 3.63) is 81.8 Å². The van der Waals surface area contributed by atoms with Crippen molar-refractivity contribution in [3.63, 3.8) is 0 Å². The van der Waals surface area contributed by atoms with Crippen LogP contribution < -0.4 is 16.6 Å². The quantitative estimate of drug-likeness (QED) is 0.440. The minimum absolute atomic E-state index is 0.140. The zero-order valence-electron chi connectivity index (χ0n) is 18.3. The highest BCUT2D eigenvalue weighted by Crippen LogP contribution is 2.20. The molecule has 1 N–H and O–H groups in total. The molecule has 0 spiro atoms. The molecule has 0 fully saturated rings. The van der Waals surface area contributed by atoms with Crippen LogP contribution in [0, 0.1) is 0 Å². The SMILES string of the molecule is Cn1c(=O)c2c(ncn2CCCC(=O)Nc2ccc(N=Nc3ccccc3)cc2)n(C)c1=O. The lowest BCUT2D eigenvalue weighted by molar-refractivity contribution is -0.116. The highest BCUT2D eigenvalue weighted by atomic mass is 16.2. The number of benzene rings is 2. The fourth-order valence-corrected chi connectivity index (χ4v) is 3.42. The lowest BCUT2D eigenvalue weighted by Crippen LogP contribution is -2.37. The highest BCUT2D eigenvalue weighted by molar-refractivity contribution is 5.90. The summed E-state index contributed by atoms with van der Waals surface area (Å²) in [5, 5.41) is 11.2. The highest BCUT2D eigenvalue weighted by Gasteiger charge is 2.14. The average molecular weight is 445 g/mol. The van der Waals surface area contributed by atoms with Gasteiger partial charge in [-0.25, -0.2) is 9.78 Å². The summed E-state index contributed by atoms with van der Waals surface area (Å²) in [4.78, 5) is 41.0. The summed E-state index contributed by atoms with van der Waals surface area (Å²) in [5.41, 5.74) is 1.96. The summed E-state index contributed by atoms with van der Waals surface area (Å²) in [5.74, 6) is -0.140. The van der Waals surface area contributed by atoms with Gasteiger partial charge in [-0.2, -0.15) is 10.2 Å². The Labute approximate surface area is 188 Å². The van der Waals surface area contributed by atoms with E-state index in [-0.39, 0.29) is 12.3 Å². The van der Waals surface area contributed by atoms with Crippen LogP contribution in [-0.2, 0) is 25.4 Å². The van der Waals surface area contributed by atoms with Crippen LogP contribution in [0.2, 0.25) is 0 Å². The summed E-state index contributed by atoms with van der Waals surface area (Å²) < 4.78 is 4.07. The van der Waals surface area contributed by atoms with Crippen molar-refractivity contribution in [2.75, 3.05) is 5.32 Å². The van der Waals surface area contributed by atoms with Crippen molar-refractivity contribution in [3.8, 4) is 0 Å². The minimum Gasteiger partial charge on any atom is -0.326 e. The maximum Gasteiger partial charge on any atom is 0.332 e. The lowest BCUT2D eigenvalue weighted by Gasteiger charge is -2.08. The number of nitrogens with zero attached hydrogens (tertiary/aromatic N) is 6. The molecular weight excluding hydrogens is 422 g/mol. The number of rotatable bonds is 7. The molecule has 0 saturated heterocycles. The number of hydrogen-bond acceptors (Lipinski definition) is 6. The van der Waals surface area contributed by atoms with Crippen molar-refractivity contribution in [2.45, 2.75) is 19.4 Å². The molecule has 0 aliphatic rings. The Bertz CT molecular complexity index is 1430.